The van der Waals surface area contributed by atoms with Crippen LogP contribution in [0.25, 0.3) is 0 Å². The van der Waals surface area contributed by atoms with Gasteiger partial charge in [-0.3, -0.25) is 0 Å². The van der Waals surface area contributed by atoms with Gasteiger partial charge in [0, 0.05) is 5.54 Å². The Kier molecular flexibility index (Phi) is 1.47. The van der Waals surface area contributed by atoms with Crippen molar-refractivity contribution in [1.29, 1.82) is 0 Å². The Balaban J connectivity index is 2.07. The lowest BCUT2D eigenvalue weighted by molar-refractivity contribution is 0.0731. The van der Waals surface area contributed by atoms with Gasteiger partial charge >= 0.3 is 0 Å². The molecule has 3 aliphatic rings. The molecule has 3 fully saturated rings. The van der Waals surface area contributed by atoms with Crippen molar-refractivity contribution in [3.05, 3.63) is 0 Å². The summed E-state index contributed by atoms with van der Waals surface area (Å²) < 4.78 is 0. The summed E-state index contributed by atoms with van der Waals surface area (Å²) in [5, 5.41) is 3.71. The molecule has 13 heavy (non-hydrogen) atoms. The summed E-state index contributed by atoms with van der Waals surface area (Å²) in [5.41, 5.74) is 1.21. The lowest BCUT2D eigenvalue weighted by atomic mass is 9.64. The molecule has 0 unspecified atom stereocenters. The zero-order chi connectivity index (χ0) is 9.10. The van der Waals surface area contributed by atoms with Crippen LogP contribution < -0.4 is 5.32 Å². The van der Waals surface area contributed by atoms with E-state index in [1.807, 2.05) is 0 Å². The van der Waals surface area contributed by atoms with E-state index in [1.54, 1.807) is 0 Å². The summed E-state index contributed by atoms with van der Waals surface area (Å²) in [6.45, 7) is 2.56. The third-order valence-corrected chi connectivity index (χ3v) is 5.76. The van der Waals surface area contributed by atoms with E-state index in [2.05, 4.69) is 19.3 Å². The van der Waals surface area contributed by atoms with E-state index in [1.165, 1.54) is 38.5 Å². The van der Waals surface area contributed by atoms with E-state index in [4.69, 9.17) is 0 Å². The fraction of sp³-hybridized carbons (Fsp3) is 1.00. The lowest BCUT2D eigenvalue weighted by Crippen LogP contribution is -2.56. The predicted molar refractivity (Wildman–Crippen MR) is 54.6 cm³/mol. The zero-order valence-electron chi connectivity index (χ0n) is 8.90. The SMILES string of the molecule is CN[C@]12CCC[C@@]1(C)[C@@H]1CC[C@H]2C1. The molecule has 0 aromatic carbocycles. The standard InChI is InChI=1S/C12H21N/c1-11-6-3-7-12(11,13-2)10-5-4-9(11)8-10/h9-10,13H,3-8H2,1-2H3/t9-,10+,11+,12+/m1/s1. The van der Waals surface area contributed by atoms with Crippen LogP contribution in [0.3, 0.4) is 0 Å². The van der Waals surface area contributed by atoms with Gasteiger partial charge in [-0.2, -0.15) is 0 Å². The highest BCUT2D eigenvalue weighted by Gasteiger charge is 2.65. The number of fused-ring (bicyclic) bond motifs is 5. The highest BCUT2D eigenvalue weighted by Crippen LogP contribution is 2.67. The van der Waals surface area contributed by atoms with Crippen molar-refractivity contribution in [3.8, 4) is 0 Å². The van der Waals surface area contributed by atoms with Crippen molar-refractivity contribution in [2.45, 2.75) is 51.0 Å². The zero-order valence-corrected chi connectivity index (χ0v) is 8.90. The van der Waals surface area contributed by atoms with Crippen molar-refractivity contribution in [2.75, 3.05) is 7.05 Å². The first-order valence-electron chi connectivity index (χ1n) is 5.92. The monoisotopic (exact) mass is 179 g/mol. The molecular weight excluding hydrogens is 158 g/mol. The Hall–Kier alpha value is -0.0400. The summed E-state index contributed by atoms with van der Waals surface area (Å²) in [6.07, 6.45) is 8.93. The molecule has 1 N–H and O–H groups in total. The lowest BCUT2D eigenvalue weighted by Gasteiger charge is -2.47. The van der Waals surface area contributed by atoms with Crippen LogP contribution in [0.4, 0.5) is 0 Å². The third kappa shape index (κ3) is 0.707. The molecule has 0 heterocycles. The Bertz CT molecular complexity index is 237. The Morgan fingerprint density at radius 3 is 2.62 bits per heavy atom. The Morgan fingerprint density at radius 1 is 1.15 bits per heavy atom. The Labute approximate surface area is 81.3 Å². The molecule has 0 aromatic rings. The maximum absolute atomic E-state index is 3.71. The molecule has 1 nitrogen and oxygen atoms in total. The molecule has 0 amide bonds. The normalized spacial score (nSPS) is 58.6. The molecule has 2 bridgehead atoms. The molecule has 0 aromatic heterocycles. The van der Waals surface area contributed by atoms with Crippen LogP contribution in [0.2, 0.25) is 0 Å². The average Bonchev–Trinajstić information content (AvgIpc) is 2.72. The molecule has 3 saturated carbocycles. The molecule has 0 radical (unpaired) electrons. The maximum atomic E-state index is 3.71. The van der Waals surface area contributed by atoms with Crippen LogP contribution in [0.5, 0.6) is 0 Å². The Morgan fingerprint density at radius 2 is 1.92 bits per heavy atom. The van der Waals surface area contributed by atoms with Crippen LogP contribution in [-0.4, -0.2) is 12.6 Å². The van der Waals surface area contributed by atoms with E-state index in [0.29, 0.717) is 11.0 Å². The quantitative estimate of drug-likeness (QED) is 0.652. The smallest absolute Gasteiger partial charge is 0.0263 e. The second-order valence-corrected chi connectivity index (χ2v) is 5.70. The van der Waals surface area contributed by atoms with Crippen molar-refractivity contribution >= 4 is 0 Å². The van der Waals surface area contributed by atoms with Gasteiger partial charge in [0.2, 0.25) is 0 Å². The number of nitrogens with one attached hydrogen (secondary N) is 1. The van der Waals surface area contributed by atoms with Gasteiger partial charge in [-0.05, 0) is 56.4 Å². The highest BCUT2D eigenvalue weighted by molar-refractivity contribution is 5.20. The topological polar surface area (TPSA) is 12.0 Å². The maximum Gasteiger partial charge on any atom is 0.0263 e. The minimum absolute atomic E-state index is 0.552. The van der Waals surface area contributed by atoms with Gasteiger partial charge in [0.15, 0.2) is 0 Å². The number of hydrogen-bond acceptors (Lipinski definition) is 1. The highest BCUT2D eigenvalue weighted by atomic mass is 15.0. The van der Waals surface area contributed by atoms with E-state index in [-0.39, 0.29) is 0 Å². The summed E-state index contributed by atoms with van der Waals surface area (Å²) in [7, 11) is 2.20. The third-order valence-electron chi connectivity index (χ3n) is 5.76. The molecule has 0 spiro atoms. The summed E-state index contributed by atoms with van der Waals surface area (Å²) in [6, 6.07) is 0. The van der Waals surface area contributed by atoms with Crippen molar-refractivity contribution < 1.29 is 0 Å². The number of hydrogen-bond donors (Lipinski definition) is 1. The molecule has 3 rings (SSSR count). The largest absolute Gasteiger partial charge is 0.313 e. The van der Waals surface area contributed by atoms with Gasteiger partial charge in [0.1, 0.15) is 0 Å². The van der Waals surface area contributed by atoms with Gasteiger partial charge in [0.05, 0.1) is 0 Å². The van der Waals surface area contributed by atoms with Crippen LogP contribution in [0.15, 0.2) is 0 Å². The molecule has 4 atom stereocenters. The van der Waals surface area contributed by atoms with E-state index in [9.17, 15) is 0 Å². The van der Waals surface area contributed by atoms with Crippen molar-refractivity contribution in [1.82, 2.24) is 5.32 Å². The fourth-order valence-electron chi connectivity index (χ4n) is 5.10. The molecule has 3 aliphatic carbocycles. The van der Waals surface area contributed by atoms with Crippen LogP contribution in [0.1, 0.15) is 45.4 Å². The predicted octanol–water partition coefficient (Wildman–Crippen LogP) is 2.56. The molecule has 0 saturated heterocycles. The van der Waals surface area contributed by atoms with Crippen LogP contribution in [-0.2, 0) is 0 Å². The summed E-state index contributed by atoms with van der Waals surface area (Å²) >= 11 is 0. The van der Waals surface area contributed by atoms with Gasteiger partial charge < -0.3 is 5.32 Å². The van der Waals surface area contributed by atoms with Gasteiger partial charge in [-0.1, -0.05) is 13.3 Å². The molecular formula is C12H21N. The summed E-state index contributed by atoms with van der Waals surface area (Å²) in [4.78, 5) is 0. The van der Waals surface area contributed by atoms with Gasteiger partial charge in [0.25, 0.3) is 0 Å². The second-order valence-electron chi connectivity index (χ2n) is 5.70. The van der Waals surface area contributed by atoms with E-state index >= 15 is 0 Å². The fourth-order valence-corrected chi connectivity index (χ4v) is 5.10. The average molecular weight is 179 g/mol. The van der Waals surface area contributed by atoms with Crippen molar-refractivity contribution in [2.24, 2.45) is 17.3 Å². The molecule has 0 aliphatic heterocycles. The molecule has 74 valence electrons. The van der Waals surface area contributed by atoms with Crippen LogP contribution in [0, 0.1) is 17.3 Å². The van der Waals surface area contributed by atoms with Gasteiger partial charge in [-0.25, -0.2) is 0 Å². The minimum atomic E-state index is 0.552. The van der Waals surface area contributed by atoms with E-state index in [0.717, 1.165) is 11.8 Å². The summed E-state index contributed by atoms with van der Waals surface area (Å²) in [5.74, 6) is 2.06. The van der Waals surface area contributed by atoms with E-state index < -0.39 is 0 Å². The van der Waals surface area contributed by atoms with Crippen molar-refractivity contribution in [3.63, 3.8) is 0 Å². The first-order chi connectivity index (χ1) is 6.23. The minimum Gasteiger partial charge on any atom is -0.313 e. The first kappa shape index (κ1) is 8.28. The molecule has 1 heteroatoms. The number of rotatable bonds is 1. The first-order valence-corrected chi connectivity index (χ1v) is 5.92. The van der Waals surface area contributed by atoms with Gasteiger partial charge in [-0.15, -0.1) is 0 Å². The second kappa shape index (κ2) is 2.31. The van der Waals surface area contributed by atoms with Crippen LogP contribution >= 0.6 is 0 Å².